The van der Waals surface area contributed by atoms with Crippen molar-refractivity contribution in [3.8, 4) is 22.9 Å². The fourth-order valence-electron chi connectivity index (χ4n) is 1.71. The first-order valence-corrected chi connectivity index (χ1v) is 6.44. The van der Waals surface area contributed by atoms with Crippen LogP contribution in [0.4, 0.5) is 0 Å². The van der Waals surface area contributed by atoms with Gasteiger partial charge in [0.25, 0.3) is 0 Å². The van der Waals surface area contributed by atoms with Crippen molar-refractivity contribution >= 4 is 0 Å². The summed E-state index contributed by atoms with van der Waals surface area (Å²) in [5, 5.41) is 17.0. The lowest BCUT2D eigenvalue weighted by atomic mass is 10.1. The molecular weight excluding hydrogens is 260 g/mol. The number of phenolic OH excluding ortho intramolecular Hbond substituents is 1. The fraction of sp³-hybridized carbons (Fsp3) is 0. The number of phenols is 1. The van der Waals surface area contributed by atoms with E-state index in [0.29, 0.717) is 5.56 Å². The number of pyridine rings is 1. The van der Waals surface area contributed by atoms with Gasteiger partial charge in [-0.1, -0.05) is 30.3 Å². The number of benzene rings is 2. The molecule has 3 rings (SSSR count). The highest BCUT2D eigenvalue weighted by Gasteiger charge is 1.92. The zero-order chi connectivity index (χ0) is 14.9. The number of aromatic nitrogens is 1. The Kier molecular flexibility index (Phi) is 5.08. The summed E-state index contributed by atoms with van der Waals surface area (Å²) >= 11 is 0. The van der Waals surface area contributed by atoms with Crippen LogP contribution in [-0.2, 0) is 0 Å². The topological polar surface area (TPSA) is 56.9 Å². The van der Waals surface area contributed by atoms with Crippen molar-refractivity contribution in [3.05, 3.63) is 84.7 Å². The van der Waals surface area contributed by atoms with E-state index in [-0.39, 0.29) is 5.75 Å². The molecule has 1 N–H and O–H groups in total. The Morgan fingerprint density at radius 1 is 0.762 bits per heavy atom. The molecule has 0 radical (unpaired) electrons. The number of hydrogen-bond acceptors (Lipinski definition) is 3. The number of aromatic hydroxyl groups is 1. The minimum absolute atomic E-state index is 0.189. The molecule has 3 heteroatoms. The number of rotatable bonds is 1. The molecule has 21 heavy (non-hydrogen) atoms. The smallest absolute Gasteiger partial charge is 0.115 e. The van der Waals surface area contributed by atoms with Gasteiger partial charge in [0.05, 0.1) is 11.6 Å². The fourth-order valence-corrected chi connectivity index (χ4v) is 1.71. The first kappa shape index (κ1) is 14.3. The monoisotopic (exact) mass is 274 g/mol. The number of nitrogens with zero attached hydrogens (tertiary/aromatic N) is 2. The molecule has 1 aromatic heterocycles. The average Bonchev–Trinajstić information content (AvgIpc) is 2.58. The maximum atomic E-state index is 8.74. The number of nitriles is 1. The zero-order valence-electron chi connectivity index (χ0n) is 11.3. The second kappa shape index (κ2) is 7.46. The predicted octanol–water partition coefficient (Wildman–Crippen LogP) is 4.01. The Balaban J connectivity index is 0.000000161. The molecule has 0 aliphatic carbocycles. The molecular formula is C18H14N2O. The van der Waals surface area contributed by atoms with Crippen LogP contribution >= 0.6 is 0 Å². The Bertz CT molecular complexity index is 664. The van der Waals surface area contributed by atoms with Crippen molar-refractivity contribution in [2.45, 2.75) is 0 Å². The van der Waals surface area contributed by atoms with Crippen LogP contribution in [-0.4, -0.2) is 10.1 Å². The molecule has 2 aromatic carbocycles. The average molecular weight is 274 g/mol. The summed E-state index contributed by atoms with van der Waals surface area (Å²) in [4.78, 5) is 3.97. The van der Waals surface area contributed by atoms with Gasteiger partial charge in [-0.25, -0.2) is 0 Å². The van der Waals surface area contributed by atoms with E-state index in [1.54, 1.807) is 12.1 Å². The molecule has 0 unspecified atom stereocenters. The highest BCUT2D eigenvalue weighted by atomic mass is 16.3. The largest absolute Gasteiger partial charge is 0.508 e. The molecule has 0 saturated heterocycles. The lowest BCUT2D eigenvalue weighted by Gasteiger charge is -1.98. The quantitative estimate of drug-likeness (QED) is 0.729. The van der Waals surface area contributed by atoms with Crippen molar-refractivity contribution in [2.75, 3.05) is 0 Å². The highest BCUT2D eigenvalue weighted by Crippen LogP contribution is 2.16. The van der Waals surface area contributed by atoms with Gasteiger partial charge in [-0.2, -0.15) is 5.26 Å². The van der Waals surface area contributed by atoms with Crippen molar-refractivity contribution in [1.29, 1.82) is 5.26 Å². The van der Waals surface area contributed by atoms with E-state index in [4.69, 9.17) is 10.4 Å². The van der Waals surface area contributed by atoms with Gasteiger partial charge in [-0.3, -0.25) is 4.98 Å². The first-order chi connectivity index (χ1) is 10.3. The van der Waals surface area contributed by atoms with Crippen molar-refractivity contribution in [1.82, 2.24) is 4.98 Å². The van der Waals surface area contributed by atoms with E-state index in [1.807, 2.05) is 48.8 Å². The lowest BCUT2D eigenvalue weighted by Crippen LogP contribution is -1.76. The van der Waals surface area contributed by atoms with Gasteiger partial charge in [0.2, 0.25) is 0 Å². The first-order valence-electron chi connectivity index (χ1n) is 6.44. The normalized spacial score (nSPS) is 9.10. The van der Waals surface area contributed by atoms with E-state index in [0.717, 1.165) is 0 Å². The minimum atomic E-state index is 0.189. The Labute approximate surface area is 123 Å². The van der Waals surface area contributed by atoms with Crippen LogP contribution in [0.3, 0.4) is 0 Å². The molecule has 3 aromatic rings. The Hall–Kier alpha value is -3.12. The minimum Gasteiger partial charge on any atom is -0.508 e. The molecule has 0 aliphatic rings. The van der Waals surface area contributed by atoms with E-state index >= 15 is 0 Å². The van der Waals surface area contributed by atoms with E-state index in [1.165, 1.54) is 23.3 Å². The van der Waals surface area contributed by atoms with Crippen LogP contribution in [0.15, 0.2) is 79.1 Å². The van der Waals surface area contributed by atoms with Crippen LogP contribution < -0.4 is 0 Å². The van der Waals surface area contributed by atoms with Crippen LogP contribution in [0.2, 0.25) is 0 Å². The van der Waals surface area contributed by atoms with Gasteiger partial charge in [0.15, 0.2) is 0 Å². The van der Waals surface area contributed by atoms with Crippen LogP contribution in [0, 0.1) is 11.3 Å². The summed E-state index contributed by atoms with van der Waals surface area (Å²) in [6.45, 7) is 0. The van der Waals surface area contributed by atoms with Crippen LogP contribution in [0.5, 0.6) is 5.75 Å². The van der Waals surface area contributed by atoms with E-state index < -0.39 is 0 Å². The van der Waals surface area contributed by atoms with Crippen LogP contribution in [0.1, 0.15) is 5.56 Å². The third kappa shape index (κ3) is 4.48. The standard InChI is InChI=1S/C11H9N.C7H5NO/c1-2-4-10(5-3-1)11-6-8-12-9-7-11;8-5-6-1-3-7(9)4-2-6/h1-9H;1-4,9H. The molecule has 0 amide bonds. The zero-order valence-corrected chi connectivity index (χ0v) is 11.3. The van der Waals surface area contributed by atoms with Gasteiger partial charge in [0, 0.05) is 12.4 Å². The van der Waals surface area contributed by atoms with Gasteiger partial charge < -0.3 is 5.11 Å². The predicted molar refractivity (Wildman–Crippen MR) is 82.5 cm³/mol. The summed E-state index contributed by atoms with van der Waals surface area (Å²) in [6.07, 6.45) is 3.62. The molecule has 1 heterocycles. The molecule has 3 nitrogen and oxygen atoms in total. The molecule has 0 bridgehead atoms. The molecule has 102 valence electrons. The van der Waals surface area contributed by atoms with Gasteiger partial charge in [0.1, 0.15) is 5.75 Å². The summed E-state index contributed by atoms with van der Waals surface area (Å²) < 4.78 is 0. The van der Waals surface area contributed by atoms with Crippen molar-refractivity contribution < 1.29 is 5.11 Å². The Morgan fingerprint density at radius 3 is 1.90 bits per heavy atom. The third-order valence-corrected chi connectivity index (χ3v) is 2.78. The molecule has 0 aliphatic heterocycles. The van der Waals surface area contributed by atoms with Crippen molar-refractivity contribution in [3.63, 3.8) is 0 Å². The Morgan fingerprint density at radius 2 is 1.33 bits per heavy atom. The SMILES string of the molecule is N#Cc1ccc(O)cc1.c1ccc(-c2ccncc2)cc1. The van der Waals surface area contributed by atoms with E-state index in [2.05, 4.69) is 17.1 Å². The van der Waals surface area contributed by atoms with Gasteiger partial charge in [-0.05, 0) is 47.5 Å². The van der Waals surface area contributed by atoms with E-state index in [9.17, 15) is 0 Å². The summed E-state index contributed by atoms with van der Waals surface area (Å²) in [6, 6.07) is 22.3. The van der Waals surface area contributed by atoms with Gasteiger partial charge >= 0.3 is 0 Å². The molecule has 0 fully saturated rings. The summed E-state index contributed by atoms with van der Waals surface area (Å²) in [7, 11) is 0. The summed E-state index contributed by atoms with van der Waals surface area (Å²) in [5.41, 5.74) is 3.01. The number of hydrogen-bond donors (Lipinski definition) is 1. The molecule has 0 spiro atoms. The highest BCUT2D eigenvalue weighted by molar-refractivity contribution is 5.62. The molecule has 0 saturated carbocycles. The summed E-state index contributed by atoms with van der Waals surface area (Å²) in [5.74, 6) is 0.189. The maximum Gasteiger partial charge on any atom is 0.115 e. The van der Waals surface area contributed by atoms with Gasteiger partial charge in [-0.15, -0.1) is 0 Å². The van der Waals surface area contributed by atoms with Crippen LogP contribution in [0.25, 0.3) is 11.1 Å². The molecule has 0 atom stereocenters. The second-order valence-electron chi connectivity index (χ2n) is 4.26. The third-order valence-electron chi connectivity index (χ3n) is 2.78. The van der Waals surface area contributed by atoms with Crippen molar-refractivity contribution in [2.24, 2.45) is 0 Å². The lowest BCUT2D eigenvalue weighted by molar-refractivity contribution is 0.475. The maximum absolute atomic E-state index is 8.74. The second-order valence-corrected chi connectivity index (χ2v) is 4.26.